The molecule has 0 saturated carbocycles. The zero-order valence-corrected chi connectivity index (χ0v) is 8.77. The number of hydrogen-bond donors (Lipinski definition) is 1. The predicted molar refractivity (Wildman–Crippen MR) is 54.9 cm³/mol. The summed E-state index contributed by atoms with van der Waals surface area (Å²) in [6.07, 6.45) is 1.94. The average molecular weight is 209 g/mol. The number of ether oxygens (including phenoxy) is 2. The van der Waals surface area contributed by atoms with Crippen LogP contribution in [0.15, 0.2) is 6.07 Å². The average Bonchev–Trinajstić information content (AvgIpc) is 2.65. The van der Waals surface area contributed by atoms with Crippen molar-refractivity contribution in [3.05, 3.63) is 17.5 Å². The van der Waals surface area contributed by atoms with Gasteiger partial charge in [-0.2, -0.15) is 0 Å². The number of anilines is 1. The van der Waals surface area contributed by atoms with Gasteiger partial charge in [-0.1, -0.05) is 0 Å². The lowest BCUT2D eigenvalue weighted by Gasteiger charge is -2.10. The Morgan fingerprint density at radius 2 is 2.47 bits per heavy atom. The van der Waals surface area contributed by atoms with Gasteiger partial charge in [0.2, 0.25) is 5.95 Å². The molecule has 1 unspecified atom stereocenters. The lowest BCUT2D eigenvalue weighted by Crippen LogP contribution is -2.11. The number of nitrogen functional groups attached to an aromatic ring is 1. The van der Waals surface area contributed by atoms with Gasteiger partial charge < -0.3 is 15.2 Å². The van der Waals surface area contributed by atoms with Gasteiger partial charge in [-0.05, 0) is 19.4 Å². The van der Waals surface area contributed by atoms with Crippen LogP contribution in [0.4, 0.5) is 5.95 Å². The Labute approximate surface area is 88.6 Å². The highest BCUT2D eigenvalue weighted by Crippen LogP contribution is 2.15. The Morgan fingerprint density at radius 3 is 3.13 bits per heavy atom. The molecular weight excluding hydrogens is 194 g/mol. The summed E-state index contributed by atoms with van der Waals surface area (Å²) in [5.74, 6) is 0.293. The second-order valence-electron chi connectivity index (χ2n) is 3.61. The molecule has 15 heavy (non-hydrogen) atoms. The van der Waals surface area contributed by atoms with Gasteiger partial charge in [-0.3, -0.25) is 0 Å². The van der Waals surface area contributed by atoms with E-state index in [1.165, 1.54) is 0 Å². The van der Waals surface area contributed by atoms with Crippen molar-refractivity contribution in [1.29, 1.82) is 0 Å². The second-order valence-corrected chi connectivity index (χ2v) is 3.61. The second kappa shape index (κ2) is 4.55. The van der Waals surface area contributed by atoms with Gasteiger partial charge >= 0.3 is 0 Å². The van der Waals surface area contributed by atoms with Crippen LogP contribution in [0.2, 0.25) is 0 Å². The summed E-state index contributed by atoms with van der Waals surface area (Å²) < 4.78 is 10.9. The van der Waals surface area contributed by atoms with Crippen molar-refractivity contribution in [3.8, 4) is 0 Å². The van der Waals surface area contributed by atoms with Crippen molar-refractivity contribution in [2.75, 3.05) is 12.3 Å². The van der Waals surface area contributed by atoms with E-state index < -0.39 is 0 Å². The molecule has 2 rings (SSSR count). The van der Waals surface area contributed by atoms with Crippen LogP contribution in [-0.2, 0) is 16.1 Å². The molecule has 1 fully saturated rings. The molecule has 0 aliphatic carbocycles. The number of aryl methyl sites for hydroxylation is 1. The Morgan fingerprint density at radius 1 is 1.60 bits per heavy atom. The molecule has 1 aromatic heterocycles. The number of aromatic nitrogens is 2. The van der Waals surface area contributed by atoms with Gasteiger partial charge in [0, 0.05) is 18.7 Å². The first-order valence-corrected chi connectivity index (χ1v) is 5.07. The zero-order chi connectivity index (χ0) is 10.7. The van der Waals surface area contributed by atoms with Crippen molar-refractivity contribution in [1.82, 2.24) is 9.97 Å². The number of nitrogens with two attached hydrogens (primary N) is 1. The molecule has 1 aromatic rings. The smallest absolute Gasteiger partial charge is 0.220 e. The maximum absolute atomic E-state index is 5.53. The Kier molecular flexibility index (Phi) is 3.13. The quantitative estimate of drug-likeness (QED) is 0.804. The molecule has 5 nitrogen and oxygen atoms in total. The molecule has 0 amide bonds. The summed E-state index contributed by atoms with van der Waals surface area (Å²) in [4.78, 5) is 8.07. The van der Waals surface area contributed by atoms with E-state index in [1.54, 1.807) is 0 Å². The normalized spacial score (nSPS) is 20.7. The first-order valence-electron chi connectivity index (χ1n) is 5.07. The van der Waals surface area contributed by atoms with Crippen molar-refractivity contribution < 1.29 is 9.47 Å². The largest absolute Gasteiger partial charge is 0.368 e. The molecule has 1 atom stereocenters. The first kappa shape index (κ1) is 10.3. The summed E-state index contributed by atoms with van der Waals surface area (Å²) in [6, 6.07) is 1.87. The maximum atomic E-state index is 5.53. The van der Waals surface area contributed by atoms with E-state index in [9.17, 15) is 0 Å². The van der Waals surface area contributed by atoms with Crippen molar-refractivity contribution in [3.63, 3.8) is 0 Å². The molecule has 1 saturated heterocycles. The van der Waals surface area contributed by atoms with Crippen molar-refractivity contribution in [2.45, 2.75) is 32.7 Å². The standard InChI is InChI=1S/C10H15N3O2/c1-7-5-8(13-10(11)12-7)6-15-9-3-2-4-14-9/h5,9H,2-4,6H2,1H3,(H2,11,12,13). The third-order valence-electron chi connectivity index (χ3n) is 2.23. The molecule has 5 heteroatoms. The van der Waals surface area contributed by atoms with Gasteiger partial charge in [0.1, 0.15) is 0 Å². The highest BCUT2D eigenvalue weighted by atomic mass is 16.7. The van der Waals surface area contributed by atoms with E-state index in [4.69, 9.17) is 15.2 Å². The fourth-order valence-electron chi connectivity index (χ4n) is 1.59. The van der Waals surface area contributed by atoms with Crippen molar-refractivity contribution >= 4 is 5.95 Å². The van der Waals surface area contributed by atoms with Crippen LogP contribution < -0.4 is 5.73 Å². The highest BCUT2D eigenvalue weighted by Gasteiger charge is 2.15. The number of rotatable bonds is 3. The van der Waals surface area contributed by atoms with E-state index in [0.29, 0.717) is 12.6 Å². The minimum Gasteiger partial charge on any atom is -0.368 e. The fourth-order valence-corrected chi connectivity index (χ4v) is 1.59. The summed E-state index contributed by atoms with van der Waals surface area (Å²) in [6.45, 7) is 3.10. The molecule has 1 aliphatic heterocycles. The van der Waals surface area contributed by atoms with Crippen LogP contribution in [-0.4, -0.2) is 22.9 Å². The van der Waals surface area contributed by atoms with Crippen LogP contribution in [0, 0.1) is 6.92 Å². The Balaban J connectivity index is 1.92. The van der Waals surface area contributed by atoms with Gasteiger partial charge in [0.15, 0.2) is 6.29 Å². The minimum absolute atomic E-state index is 0.0819. The monoisotopic (exact) mass is 209 g/mol. The van der Waals surface area contributed by atoms with E-state index in [0.717, 1.165) is 30.8 Å². The molecular formula is C10H15N3O2. The molecule has 0 aromatic carbocycles. The molecule has 2 heterocycles. The van der Waals surface area contributed by atoms with Gasteiger partial charge in [-0.15, -0.1) is 0 Å². The SMILES string of the molecule is Cc1cc(COC2CCCO2)nc(N)n1. The molecule has 0 bridgehead atoms. The predicted octanol–water partition coefficient (Wildman–Crippen LogP) is 1.02. The zero-order valence-electron chi connectivity index (χ0n) is 8.77. The maximum Gasteiger partial charge on any atom is 0.220 e. The molecule has 2 N–H and O–H groups in total. The van der Waals surface area contributed by atoms with E-state index in [2.05, 4.69) is 9.97 Å². The van der Waals surface area contributed by atoms with Crippen LogP contribution in [0.25, 0.3) is 0 Å². The first-order chi connectivity index (χ1) is 7.24. The minimum atomic E-state index is -0.0819. The van der Waals surface area contributed by atoms with Gasteiger partial charge in [0.05, 0.1) is 12.3 Å². The van der Waals surface area contributed by atoms with E-state index >= 15 is 0 Å². The topological polar surface area (TPSA) is 70.3 Å². The summed E-state index contributed by atoms with van der Waals surface area (Å²) >= 11 is 0. The number of nitrogens with zero attached hydrogens (tertiary/aromatic N) is 2. The number of hydrogen-bond acceptors (Lipinski definition) is 5. The van der Waals surface area contributed by atoms with Crippen LogP contribution in [0.1, 0.15) is 24.2 Å². The van der Waals surface area contributed by atoms with E-state index in [1.807, 2.05) is 13.0 Å². The van der Waals surface area contributed by atoms with Gasteiger partial charge in [0.25, 0.3) is 0 Å². The fraction of sp³-hybridized carbons (Fsp3) is 0.600. The van der Waals surface area contributed by atoms with E-state index in [-0.39, 0.29) is 6.29 Å². The van der Waals surface area contributed by atoms with Gasteiger partial charge in [-0.25, -0.2) is 9.97 Å². The molecule has 1 aliphatic rings. The van der Waals surface area contributed by atoms with Crippen LogP contribution in [0.3, 0.4) is 0 Å². The third kappa shape index (κ3) is 2.87. The summed E-state index contributed by atoms with van der Waals surface area (Å²) in [7, 11) is 0. The Bertz CT molecular complexity index is 317. The highest BCUT2D eigenvalue weighted by molar-refractivity contribution is 5.21. The third-order valence-corrected chi connectivity index (χ3v) is 2.23. The summed E-state index contributed by atoms with van der Waals surface area (Å²) in [5, 5.41) is 0. The summed E-state index contributed by atoms with van der Waals surface area (Å²) in [5.41, 5.74) is 7.19. The molecule has 82 valence electrons. The molecule has 0 spiro atoms. The van der Waals surface area contributed by atoms with Crippen LogP contribution >= 0.6 is 0 Å². The Hall–Kier alpha value is -1.20. The van der Waals surface area contributed by atoms with Crippen LogP contribution in [0.5, 0.6) is 0 Å². The lowest BCUT2D eigenvalue weighted by molar-refractivity contribution is -0.119. The lowest BCUT2D eigenvalue weighted by atomic mass is 10.3. The molecule has 0 radical (unpaired) electrons. The van der Waals surface area contributed by atoms with Crippen molar-refractivity contribution in [2.24, 2.45) is 0 Å².